The molecule has 0 atom stereocenters. The van der Waals surface area contributed by atoms with E-state index in [-0.39, 0.29) is 5.82 Å². The van der Waals surface area contributed by atoms with E-state index in [1.807, 2.05) is 26.8 Å². The zero-order valence-electron chi connectivity index (χ0n) is 13.2. The van der Waals surface area contributed by atoms with Crippen molar-refractivity contribution in [3.63, 3.8) is 0 Å². The fourth-order valence-corrected chi connectivity index (χ4v) is 2.84. The van der Waals surface area contributed by atoms with Crippen molar-refractivity contribution < 1.29 is 13.9 Å². The van der Waals surface area contributed by atoms with Gasteiger partial charge < -0.3 is 9.47 Å². The molecule has 3 rings (SSSR count). The van der Waals surface area contributed by atoms with Gasteiger partial charge in [-0.3, -0.25) is 0 Å². The Morgan fingerprint density at radius 2 is 1.91 bits per heavy atom. The van der Waals surface area contributed by atoms with Crippen molar-refractivity contribution in [2.24, 2.45) is 4.99 Å². The molecule has 120 valence electrons. The summed E-state index contributed by atoms with van der Waals surface area (Å²) < 4.78 is 24.7. The van der Waals surface area contributed by atoms with E-state index in [0.717, 1.165) is 5.56 Å². The first-order chi connectivity index (χ1) is 10.9. The second-order valence-corrected chi connectivity index (χ2v) is 6.13. The third kappa shape index (κ3) is 3.17. The highest BCUT2D eigenvalue weighted by Crippen LogP contribution is 2.39. The van der Waals surface area contributed by atoms with Gasteiger partial charge in [0.15, 0.2) is 5.72 Å². The topological polar surface area (TPSA) is 30.8 Å². The molecule has 0 spiro atoms. The Kier molecular flexibility index (Phi) is 4.02. The Hall–Kier alpha value is -2.07. The normalized spacial score (nSPS) is 15.4. The van der Waals surface area contributed by atoms with Crippen LogP contribution in [0.1, 0.15) is 31.9 Å². The standard InChI is InChI=1S/C18H17ClFNO2/c1-4-22-13-9-14(19)16-15(10-13)23-18(2,3)21-17(16)11-5-7-12(20)8-6-11/h5-10H,4H2,1-3H3. The highest BCUT2D eigenvalue weighted by atomic mass is 35.5. The lowest BCUT2D eigenvalue weighted by atomic mass is 9.98. The average molecular weight is 334 g/mol. The first kappa shape index (κ1) is 15.8. The average Bonchev–Trinajstić information content (AvgIpc) is 2.46. The van der Waals surface area contributed by atoms with Crippen molar-refractivity contribution in [3.8, 4) is 11.5 Å². The third-order valence-electron chi connectivity index (χ3n) is 3.43. The zero-order valence-corrected chi connectivity index (χ0v) is 13.9. The van der Waals surface area contributed by atoms with Crippen molar-refractivity contribution in [2.75, 3.05) is 6.61 Å². The maximum Gasteiger partial charge on any atom is 0.195 e. The van der Waals surface area contributed by atoms with E-state index >= 15 is 0 Å². The van der Waals surface area contributed by atoms with Gasteiger partial charge in [0.05, 0.1) is 22.9 Å². The highest BCUT2D eigenvalue weighted by molar-refractivity contribution is 6.36. The van der Waals surface area contributed by atoms with Crippen molar-refractivity contribution in [2.45, 2.75) is 26.5 Å². The lowest BCUT2D eigenvalue weighted by Crippen LogP contribution is -2.32. The van der Waals surface area contributed by atoms with E-state index in [9.17, 15) is 4.39 Å². The first-order valence-corrected chi connectivity index (χ1v) is 7.79. The summed E-state index contributed by atoms with van der Waals surface area (Å²) in [6.45, 7) is 6.17. The molecule has 0 aliphatic carbocycles. The van der Waals surface area contributed by atoms with Crippen LogP contribution in [0.25, 0.3) is 0 Å². The van der Waals surface area contributed by atoms with Crippen LogP contribution in [0.3, 0.4) is 0 Å². The summed E-state index contributed by atoms with van der Waals surface area (Å²) in [5.41, 5.74) is 1.42. The summed E-state index contributed by atoms with van der Waals surface area (Å²) >= 11 is 6.44. The fourth-order valence-electron chi connectivity index (χ4n) is 2.55. The van der Waals surface area contributed by atoms with Crippen LogP contribution < -0.4 is 9.47 Å². The molecule has 0 unspecified atom stereocenters. The maximum atomic E-state index is 13.2. The molecule has 3 nitrogen and oxygen atoms in total. The van der Waals surface area contributed by atoms with Crippen LogP contribution in [0.5, 0.6) is 11.5 Å². The summed E-state index contributed by atoms with van der Waals surface area (Å²) in [5.74, 6) is 0.964. The summed E-state index contributed by atoms with van der Waals surface area (Å²) in [6.07, 6.45) is 0. The molecule has 2 aromatic carbocycles. The van der Waals surface area contributed by atoms with Crippen LogP contribution in [0, 0.1) is 5.82 Å². The predicted octanol–water partition coefficient (Wildman–Crippen LogP) is 4.84. The molecular weight excluding hydrogens is 317 g/mol. The Labute approximate surface area is 139 Å². The molecule has 0 amide bonds. The number of fused-ring (bicyclic) bond motifs is 1. The Morgan fingerprint density at radius 1 is 1.22 bits per heavy atom. The number of nitrogens with zero attached hydrogens (tertiary/aromatic N) is 1. The number of rotatable bonds is 3. The lowest BCUT2D eigenvalue weighted by molar-refractivity contribution is 0.115. The summed E-state index contributed by atoms with van der Waals surface area (Å²) in [4.78, 5) is 4.64. The molecule has 5 heteroatoms. The molecule has 23 heavy (non-hydrogen) atoms. The second-order valence-electron chi connectivity index (χ2n) is 5.73. The van der Waals surface area contributed by atoms with Crippen LogP contribution >= 0.6 is 11.6 Å². The van der Waals surface area contributed by atoms with Crippen molar-refractivity contribution >= 4 is 17.3 Å². The third-order valence-corrected chi connectivity index (χ3v) is 3.73. The zero-order chi connectivity index (χ0) is 16.6. The van der Waals surface area contributed by atoms with E-state index in [0.29, 0.717) is 34.4 Å². The molecular formula is C18H17ClFNO2. The van der Waals surface area contributed by atoms with E-state index in [1.54, 1.807) is 18.2 Å². The fraction of sp³-hybridized carbons (Fsp3) is 0.278. The van der Waals surface area contributed by atoms with Gasteiger partial charge >= 0.3 is 0 Å². The molecule has 0 radical (unpaired) electrons. The van der Waals surface area contributed by atoms with Crippen molar-refractivity contribution in [1.29, 1.82) is 0 Å². The molecule has 2 aromatic rings. The van der Waals surface area contributed by atoms with Crippen molar-refractivity contribution in [1.82, 2.24) is 0 Å². The van der Waals surface area contributed by atoms with E-state index in [4.69, 9.17) is 21.1 Å². The van der Waals surface area contributed by atoms with Gasteiger partial charge in [0.2, 0.25) is 0 Å². The smallest absolute Gasteiger partial charge is 0.195 e. The number of benzene rings is 2. The monoisotopic (exact) mass is 333 g/mol. The van der Waals surface area contributed by atoms with Crippen LogP contribution in [-0.2, 0) is 0 Å². The van der Waals surface area contributed by atoms with Gasteiger partial charge in [-0.25, -0.2) is 9.38 Å². The Bertz CT molecular complexity index is 769. The molecule has 1 heterocycles. The van der Waals surface area contributed by atoms with Crippen LogP contribution in [0.2, 0.25) is 5.02 Å². The van der Waals surface area contributed by atoms with E-state index in [1.165, 1.54) is 12.1 Å². The SMILES string of the molecule is CCOc1cc(Cl)c2c(c1)OC(C)(C)N=C2c1ccc(F)cc1. The van der Waals surface area contributed by atoms with Crippen LogP contribution in [0.4, 0.5) is 4.39 Å². The Morgan fingerprint density at radius 3 is 2.57 bits per heavy atom. The molecule has 0 fully saturated rings. The summed E-state index contributed by atoms with van der Waals surface area (Å²) in [6, 6.07) is 9.73. The largest absolute Gasteiger partial charge is 0.494 e. The van der Waals surface area contributed by atoms with E-state index < -0.39 is 5.72 Å². The molecule has 0 bridgehead atoms. The minimum absolute atomic E-state index is 0.293. The molecule has 0 aromatic heterocycles. The first-order valence-electron chi connectivity index (χ1n) is 7.41. The van der Waals surface area contributed by atoms with Crippen molar-refractivity contribution in [3.05, 3.63) is 58.4 Å². The van der Waals surface area contributed by atoms with E-state index in [2.05, 4.69) is 4.99 Å². The van der Waals surface area contributed by atoms with Gasteiger partial charge in [-0.15, -0.1) is 0 Å². The highest BCUT2D eigenvalue weighted by Gasteiger charge is 2.31. The quantitative estimate of drug-likeness (QED) is 0.804. The van der Waals surface area contributed by atoms with Crippen LogP contribution in [-0.4, -0.2) is 18.0 Å². The second kappa shape index (κ2) is 5.85. The number of hydrogen-bond donors (Lipinski definition) is 0. The Balaban J connectivity index is 2.17. The molecule has 0 saturated heterocycles. The molecule has 1 aliphatic rings. The van der Waals surface area contributed by atoms with Gasteiger partial charge in [0, 0.05) is 11.6 Å². The minimum atomic E-state index is -0.745. The summed E-state index contributed by atoms with van der Waals surface area (Å²) in [5, 5.41) is 0.490. The van der Waals surface area contributed by atoms with Gasteiger partial charge in [0.25, 0.3) is 0 Å². The van der Waals surface area contributed by atoms with Gasteiger partial charge in [-0.1, -0.05) is 11.6 Å². The number of halogens is 2. The number of aliphatic imine (C=N–C) groups is 1. The molecule has 1 aliphatic heterocycles. The predicted molar refractivity (Wildman–Crippen MR) is 89.4 cm³/mol. The minimum Gasteiger partial charge on any atom is -0.494 e. The van der Waals surface area contributed by atoms with Gasteiger partial charge in [-0.2, -0.15) is 0 Å². The number of ether oxygens (including phenoxy) is 2. The maximum absolute atomic E-state index is 13.2. The number of hydrogen-bond acceptors (Lipinski definition) is 3. The molecule has 0 saturated carbocycles. The lowest BCUT2D eigenvalue weighted by Gasteiger charge is -2.31. The van der Waals surface area contributed by atoms with Crippen LogP contribution in [0.15, 0.2) is 41.4 Å². The van der Waals surface area contributed by atoms with Gasteiger partial charge in [-0.05, 0) is 51.1 Å². The van der Waals surface area contributed by atoms with Gasteiger partial charge in [0.1, 0.15) is 17.3 Å². The molecule has 0 N–H and O–H groups in total. The summed E-state index contributed by atoms with van der Waals surface area (Å²) in [7, 11) is 0.